The number of amides is 1. The molecule has 1 aromatic heterocycles. The number of benzene rings is 1. The summed E-state index contributed by atoms with van der Waals surface area (Å²) in [7, 11) is 0. The van der Waals surface area contributed by atoms with Gasteiger partial charge in [-0.15, -0.1) is 5.10 Å². The molecule has 0 aliphatic heterocycles. The van der Waals surface area contributed by atoms with Crippen molar-refractivity contribution in [3.8, 4) is 0 Å². The molecule has 136 valence electrons. The second kappa shape index (κ2) is 8.33. The van der Waals surface area contributed by atoms with Gasteiger partial charge in [0.2, 0.25) is 17.0 Å². The quantitative estimate of drug-likeness (QED) is 0.764. The summed E-state index contributed by atoms with van der Waals surface area (Å²) in [5, 5.41) is 4.80. The fourth-order valence-electron chi connectivity index (χ4n) is 2.62. The molecule has 0 radical (unpaired) electrons. The van der Waals surface area contributed by atoms with Crippen molar-refractivity contribution in [3.05, 3.63) is 35.6 Å². The maximum atomic E-state index is 12.9. The highest BCUT2D eigenvalue weighted by molar-refractivity contribution is 7.98. The van der Waals surface area contributed by atoms with Crippen LogP contribution in [0.25, 0.3) is 0 Å². The van der Waals surface area contributed by atoms with Crippen molar-refractivity contribution in [2.75, 3.05) is 5.73 Å². The van der Waals surface area contributed by atoms with Crippen LogP contribution in [0.5, 0.6) is 0 Å². The van der Waals surface area contributed by atoms with Gasteiger partial charge in [-0.2, -0.15) is 4.98 Å². The lowest BCUT2D eigenvalue weighted by Gasteiger charge is -2.30. The maximum Gasteiger partial charge on any atom is 0.244 e. The molecule has 0 saturated heterocycles. The van der Waals surface area contributed by atoms with Crippen LogP contribution >= 0.6 is 11.8 Å². The first-order valence-electron chi connectivity index (χ1n) is 8.16. The van der Waals surface area contributed by atoms with Crippen LogP contribution < -0.4 is 5.73 Å². The number of hydrogen-bond acceptors (Lipinski definition) is 5. The lowest BCUT2D eigenvalue weighted by Crippen LogP contribution is -2.43. The number of anilines is 1. The van der Waals surface area contributed by atoms with Gasteiger partial charge < -0.3 is 10.6 Å². The van der Waals surface area contributed by atoms with E-state index in [-0.39, 0.29) is 36.3 Å². The first-order valence-corrected chi connectivity index (χ1v) is 9.15. The van der Waals surface area contributed by atoms with E-state index in [0.717, 1.165) is 5.56 Å². The van der Waals surface area contributed by atoms with Crippen LogP contribution in [0.3, 0.4) is 0 Å². The monoisotopic (exact) mass is 365 g/mol. The van der Waals surface area contributed by atoms with E-state index in [9.17, 15) is 9.18 Å². The lowest BCUT2D eigenvalue weighted by atomic mass is 10.2. The van der Waals surface area contributed by atoms with E-state index in [2.05, 4.69) is 10.1 Å². The Morgan fingerprint density at radius 1 is 1.24 bits per heavy atom. The SMILES string of the molecule is CC(C)N(C(=O)Cn1nc(SCc2ccc(F)cc2)nc1N)C(C)C. The number of carbonyl (C=O) groups excluding carboxylic acids is 1. The number of aromatic nitrogens is 3. The molecule has 0 atom stereocenters. The molecule has 6 nitrogen and oxygen atoms in total. The largest absolute Gasteiger partial charge is 0.368 e. The van der Waals surface area contributed by atoms with Crippen molar-refractivity contribution in [1.82, 2.24) is 19.7 Å². The Labute approximate surface area is 151 Å². The first-order chi connectivity index (χ1) is 11.8. The summed E-state index contributed by atoms with van der Waals surface area (Å²) in [4.78, 5) is 18.5. The molecule has 0 unspecified atom stereocenters. The van der Waals surface area contributed by atoms with Gasteiger partial charge in [0.05, 0.1) is 0 Å². The van der Waals surface area contributed by atoms with E-state index in [1.54, 1.807) is 17.0 Å². The van der Waals surface area contributed by atoms with Gasteiger partial charge in [0, 0.05) is 17.8 Å². The molecule has 1 aromatic carbocycles. The molecule has 0 spiro atoms. The third-order valence-corrected chi connectivity index (χ3v) is 4.56. The van der Waals surface area contributed by atoms with Crippen molar-refractivity contribution in [2.24, 2.45) is 0 Å². The zero-order valence-corrected chi connectivity index (χ0v) is 15.8. The van der Waals surface area contributed by atoms with Crippen LogP contribution in [0.1, 0.15) is 33.3 Å². The number of nitrogen functional groups attached to an aromatic ring is 1. The van der Waals surface area contributed by atoms with Gasteiger partial charge in [0.25, 0.3) is 0 Å². The van der Waals surface area contributed by atoms with Crippen molar-refractivity contribution in [2.45, 2.75) is 57.2 Å². The summed E-state index contributed by atoms with van der Waals surface area (Å²) in [5.74, 6) is 0.500. The minimum Gasteiger partial charge on any atom is -0.368 e. The van der Waals surface area contributed by atoms with Crippen LogP contribution in [0.2, 0.25) is 0 Å². The van der Waals surface area contributed by atoms with Crippen LogP contribution in [0.15, 0.2) is 29.4 Å². The highest BCUT2D eigenvalue weighted by Crippen LogP contribution is 2.21. The number of rotatable bonds is 7. The van der Waals surface area contributed by atoms with Crippen LogP contribution in [-0.4, -0.2) is 37.7 Å². The Bertz CT molecular complexity index is 706. The molecular formula is C17H24FN5OS. The molecule has 0 aliphatic rings. The molecule has 1 amide bonds. The standard InChI is InChI=1S/C17H24FN5OS/c1-11(2)23(12(3)4)15(24)9-22-16(19)20-17(21-22)25-10-13-5-7-14(18)8-6-13/h5-8,11-12H,9-10H2,1-4H3,(H2,19,20,21). The zero-order chi connectivity index (χ0) is 18.6. The first kappa shape index (κ1) is 19.2. The number of nitrogens with two attached hydrogens (primary N) is 1. The van der Waals surface area contributed by atoms with E-state index < -0.39 is 0 Å². The Balaban J connectivity index is 2.01. The minimum absolute atomic E-state index is 0.0447. The summed E-state index contributed by atoms with van der Waals surface area (Å²) in [6.07, 6.45) is 0. The normalized spacial score (nSPS) is 11.3. The topological polar surface area (TPSA) is 77.0 Å². The molecule has 2 rings (SSSR count). The predicted molar refractivity (Wildman–Crippen MR) is 97.5 cm³/mol. The molecule has 2 N–H and O–H groups in total. The van der Waals surface area contributed by atoms with Crippen molar-refractivity contribution >= 4 is 23.6 Å². The van der Waals surface area contributed by atoms with Gasteiger partial charge in [0.1, 0.15) is 12.4 Å². The number of hydrogen-bond donors (Lipinski definition) is 1. The summed E-state index contributed by atoms with van der Waals surface area (Å²) in [6.45, 7) is 7.98. The lowest BCUT2D eigenvalue weighted by molar-refractivity contribution is -0.135. The summed E-state index contributed by atoms with van der Waals surface area (Å²) >= 11 is 1.39. The second-order valence-electron chi connectivity index (χ2n) is 6.31. The molecule has 25 heavy (non-hydrogen) atoms. The van der Waals surface area contributed by atoms with E-state index in [1.807, 2.05) is 27.7 Å². The molecule has 8 heteroatoms. The highest BCUT2D eigenvalue weighted by atomic mass is 32.2. The van der Waals surface area contributed by atoms with Crippen LogP contribution in [0, 0.1) is 5.82 Å². The summed E-state index contributed by atoms with van der Waals surface area (Å²) < 4.78 is 14.3. The maximum absolute atomic E-state index is 12.9. The molecule has 0 saturated carbocycles. The number of thioether (sulfide) groups is 1. The van der Waals surface area contributed by atoms with Crippen LogP contribution in [-0.2, 0) is 17.1 Å². The fourth-order valence-corrected chi connectivity index (χ4v) is 3.42. The Kier molecular flexibility index (Phi) is 6.41. The van der Waals surface area contributed by atoms with E-state index in [4.69, 9.17) is 5.73 Å². The third kappa shape index (κ3) is 5.19. The Morgan fingerprint density at radius 3 is 2.40 bits per heavy atom. The number of carbonyl (C=O) groups is 1. The van der Waals surface area contributed by atoms with Crippen molar-refractivity contribution in [3.63, 3.8) is 0 Å². The average Bonchev–Trinajstić information content (AvgIpc) is 2.86. The zero-order valence-electron chi connectivity index (χ0n) is 14.9. The van der Waals surface area contributed by atoms with Gasteiger partial charge in [-0.05, 0) is 45.4 Å². The number of nitrogens with zero attached hydrogens (tertiary/aromatic N) is 4. The van der Waals surface area contributed by atoms with Gasteiger partial charge in [-0.25, -0.2) is 9.07 Å². The molecule has 0 bridgehead atoms. The van der Waals surface area contributed by atoms with E-state index >= 15 is 0 Å². The molecular weight excluding hydrogens is 341 g/mol. The van der Waals surface area contributed by atoms with Gasteiger partial charge in [-0.3, -0.25) is 4.79 Å². The van der Waals surface area contributed by atoms with Crippen molar-refractivity contribution < 1.29 is 9.18 Å². The van der Waals surface area contributed by atoms with Crippen LogP contribution in [0.4, 0.5) is 10.3 Å². The molecule has 1 heterocycles. The average molecular weight is 365 g/mol. The van der Waals surface area contributed by atoms with Gasteiger partial charge >= 0.3 is 0 Å². The van der Waals surface area contributed by atoms with E-state index in [1.165, 1.54) is 28.6 Å². The smallest absolute Gasteiger partial charge is 0.244 e. The predicted octanol–water partition coefficient (Wildman–Crippen LogP) is 2.94. The molecule has 0 fully saturated rings. The fraction of sp³-hybridized carbons (Fsp3) is 0.471. The molecule has 2 aromatic rings. The minimum atomic E-state index is -0.265. The highest BCUT2D eigenvalue weighted by Gasteiger charge is 2.22. The Hall–Kier alpha value is -2.09. The van der Waals surface area contributed by atoms with Gasteiger partial charge in [0.15, 0.2) is 0 Å². The summed E-state index contributed by atoms with van der Waals surface area (Å²) in [6, 6.07) is 6.47. The van der Waals surface area contributed by atoms with E-state index in [0.29, 0.717) is 10.9 Å². The van der Waals surface area contributed by atoms with Gasteiger partial charge in [-0.1, -0.05) is 23.9 Å². The third-order valence-electron chi connectivity index (χ3n) is 3.65. The van der Waals surface area contributed by atoms with Crippen molar-refractivity contribution in [1.29, 1.82) is 0 Å². The Morgan fingerprint density at radius 2 is 1.84 bits per heavy atom. The molecule has 0 aliphatic carbocycles. The second-order valence-corrected chi connectivity index (χ2v) is 7.26. The summed E-state index contributed by atoms with van der Waals surface area (Å²) in [5.41, 5.74) is 6.85. The number of halogens is 1.